The van der Waals surface area contributed by atoms with Gasteiger partial charge in [0.05, 0.1) is 28.1 Å². The van der Waals surface area contributed by atoms with Gasteiger partial charge in [-0.1, -0.05) is 6.92 Å². The van der Waals surface area contributed by atoms with Crippen LogP contribution in [-0.2, 0) is 13.0 Å². The molecule has 4 aromatic rings. The SMILES string of the molecule is CCc1cc2ncc(CN3CC(n4ccc5nc(C(=O)NC)ccc54)C3)cc2[nH]c1=O. The number of aromatic amines is 1. The first-order valence-corrected chi connectivity index (χ1v) is 10.5. The Hall–Kier alpha value is -3.52. The fourth-order valence-corrected chi connectivity index (χ4v) is 4.23. The summed E-state index contributed by atoms with van der Waals surface area (Å²) >= 11 is 0. The van der Waals surface area contributed by atoms with Crippen LogP contribution >= 0.6 is 0 Å². The molecule has 0 aliphatic carbocycles. The Labute approximate surface area is 178 Å². The largest absolute Gasteiger partial charge is 0.354 e. The lowest BCUT2D eigenvalue weighted by atomic mass is 10.1. The molecule has 1 fully saturated rings. The number of aryl methyl sites for hydroxylation is 1. The number of fused-ring (bicyclic) bond motifs is 2. The molecule has 1 aliphatic heterocycles. The smallest absolute Gasteiger partial charge is 0.269 e. The summed E-state index contributed by atoms with van der Waals surface area (Å²) in [6.07, 6.45) is 4.63. The van der Waals surface area contributed by atoms with Crippen LogP contribution in [0.5, 0.6) is 0 Å². The fraction of sp³-hybridized carbons (Fsp3) is 0.304. The number of hydrogen-bond acceptors (Lipinski definition) is 5. The van der Waals surface area contributed by atoms with Crippen molar-refractivity contribution in [3.05, 3.63) is 69.9 Å². The number of likely N-dealkylation sites (tertiary alicyclic amines) is 1. The first-order chi connectivity index (χ1) is 15.1. The first kappa shape index (κ1) is 19.4. The van der Waals surface area contributed by atoms with Crippen LogP contribution in [-0.4, -0.2) is 50.5 Å². The van der Waals surface area contributed by atoms with E-state index >= 15 is 0 Å². The molecule has 158 valence electrons. The number of carbonyl (C=O) groups excluding carboxylic acids is 1. The normalized spacial score (nSPS) is 14.8. The Balaban J connectivity index is 1.29. The summed E-state index contributed by atoms with van der Waals surface area (Å²) in [6.45, 7) is 4.60. The average molecular weight is 416 g/mol. The summed E-state index contributed by atoms with van der Waals surface area (Å²) in [6, 6.07) is 9.94. The van der Waals surface area contributed by atoms with Crippen molar-refractivity contribution in [2.75, 3.05) is 20.1 Å². The van der Waals surface area contributed by atoms with Crippen molar-refractivity contribution in [1.82, 2.24) is 29.7 Å². The van der Waals surface area contributed by atoms with Gasteiger partial charge in [-0.25, -0.2) is 4.98 Å². The minimum Gasteiger partial charge on any atom is -0.354 e. The summed E-state index contributed by atoms with van der Waals surface area (Å²) in [7, 11) is 1.60. The Bertz CT molecular complexity index is 1350. The Kier molecular flexibility index (Phi) is 4.78. The Morgan fingerprint density at radius 3 is 2.84 bits per heavy atom. The van der Waals surface area contributed by atoms with Gasteiger partial charge in [0.1, 0.15) is 5.69 Å². The van der Waals surface area contributed by atoms with Gasteiger partial charge in [0, 0.05) is 44.6 Å². The molecule has 8 nitrogen and oxygen atoms in total. The van der Waals surface area contributed by atoms with Crippen molar-refractivity contribution in [2.45, 2.75) is 25.9 Å². The maximum Gasteiger partial charge on any atom is 0.269 e. The highest BCUT2D eigenvalue weighted by atomic mass is 16.1. The molecular formula is C23H24N6O2. The van der Waals surface area contributed by atoms with Gasteiger partial charge in [-0.3, -0.25) is 19.5 Å². The average Bonchev–Trinajstić information content (AvgIpc) is 3.17. The molecule has 0 aromatic carbocycles. The van der Waals surface area contributed by atoms with Gasteiger partial charge < -0.3 is 14.9 Å². The van der Waals surface area contributed by atoms with Gasteiger partial charge in [-0.2, -0.15) is 0 Å². The number of carbonyl (C=O) groups is 1. The highest BCUT2D eigenvalue weighted by Gasteiger charge is 2.29. The zero-order valence-corrected chi connectivity index (χ0v) is 17.6. The van der Waals surface area contributed by atoms with Crippen LogP contribution in [0.3, 0.4) is 0 Å². The topological polar surface area (TPSA) is 95.9 Å². The molecule has 1 saturated heterocycles. The molecule has 2 N–H and O–H groups in total. The lowest BCUT2D eigenvalue weighted by molar-refractivity contribution is 0.0958. The van der Waals surface area contributed by atoms with Crippen molar-refractivity contribution in [3.63, 3.8) is 0 Å². The summed E-state index contributed by atoms with van der Waals surface area (Å²) < 4.78 is 2.23. The molecule has 8 heteroatoms. The van der Waals surface area contributed by atoms with E-state index < -0.39 is 0 Å². The molecule has 0 unspecified atom stereocenters. The number of aromatic nitrogens is 4. The van der Waals surface area contributed by atoms with Gasteiger partial charge in [-0.05, 0) is 42.3 Å². The number of nitrogens with zero attached hydrogens (tertiary/aromatic N) is 4. The second-order valence-electron chi connectivity index (χ2n) is 8.00. The molecule has 1 aliphatic rings. The highest BCUT2D eigenvalue weighted by molar-refractivity contribution is 5.94. The number of H-pyrrole nitrogens is 1. The van der Waals surface area contributed by atoms with Crippen molar-refractivity contribution in [3.8, 4) is 0 Å². The minimum atomic E-state index is -0.180. The van der Waals surface area contributed by atoms with E-state index in [9.17, 15) is 9.59 Å². The molecule has 0 radical (unpaired) electrons. The van der Waals surface area contributed by atoms with E-state index in [0.29, 0.717) is 18.2 Å². The van der Waals surface area contributed by atoms with Crippen LogP contribution in [0.4, 0.5) is 0 Å². The van der Waals surface area contributed by atoms with Gasteiger partial charge >= 0.3 is 0 Å². The standard InChI is InChI=1S/C23H24N6O2/c1-3-15-9-19-20(27-22(15)30)8-14(10-25-19)11-28-12-16(13-28)29-7-6-17-21(29)5-4-18(26-17)23(31)24-2/h4-10,16H,3,11-13H2,1-2H3,(H,24,31)(H,27,30). The summed E-state index contributed by atoms with van der Waals surface area (Å²) in [5.41, 5.74) is 5.70. The second kappa shape index (κ2) is 7.63. The lowest BCUT2D eigenvalue weighted by Crippen LogP contribution is -2.46. The van der Waals surface area contributed by atoms with Gasteiger partial charge in [-0.15, -0.1) is 0 Å². The number of pyridine rings is 3. The number of nitrogens with one attached hydrogen (secondary N) is 2. The predicted octanol–water partition coefficient (Wildman–Crippen LogP) is 2.25. The molecule has 4 aromatic heterocycles. The van der Waals surface area contributed by atoms with E-state index in [-0.39, 0.29) is 11.5 Å². The molecule has 1 amide bonds. The quantitative estimate of drug-likeness (QED) is 0.520. The molecule has 0 atom stereocenters. The van der Waals surface area contributed by atoms with Crippen LogP contribution in [0.1, 0.15) is 34.6 Å². The number of rotatable bonds is 5. The maximum atomic E-state index is 12.1. The van der Waals surface area contributed by atoms with Crippen LogP contribution in [0.25, 0.3) is 22.1 Å². The third kappa shape index (κ3) is 3.48. The monoisotopic (exact) mass is 416 g/mol. The van der Waals surface area contributed by atoms with E-state index in [1.807, 2.05) is 43.6 Å². The molecule has 31 heavy (non-hydrogen) atoms. The maximum absolute atomic E-state index is 12.1. The van der Waals surface area contributed by atoms with Gasteiger partial charge in [0.25, 0.3) is 11.5 Å². The molecule has 5 heterocycles. The molecule has 0 saturated carbocycles. The van der Waals surface area contributed by atoms with E-state index in [0.717, 1.165) is 52.8 Å². The van der Waals surface area contributed by atoms with Crippen molar-refractivity contribution < 1.29 is 4.79 Å². The third-order valence-electron chi connectivity index (χ3n) is 5.98. The van der Waals surface area contributed by atoms with E-state index in [1.165, 1.54) is 0 Å². The zero-order chi connectivity index (χ0) is 21.5. The van der Waals surface area contributed by atoms with Crippen molar-refractivity contribution in [1.29, 1.82) is 0 Å². The summed E-state index contributed by atoms with van der Waals surface area (Å²) in [5.74, 6) is -0.180. The first-order valence-electron chi connectivity index (χ1n) is 10.5. The van der Waals surface area contributed by atoms with Gasteiger partial charge in [0.15, 0.2) is 0 Å². The van der Waals surface area contributed by atoms with Crippen LogP contribution in [0.15, 0.2) is 47.5 Å². The third-order valence-corrected chi connectivity index (χ3v) is 5.98. The van der Waals surface area contributed by atoms with Crippen LogP contribution < -0.4 is 10.9 Å². The van der Waals surface area contributed by atoms with Crippen molar-refractivity contribution in [2.24, 2.45) is 0 Å². The zero-order valence-electron chi connectivity index (χ0n) is 17.6. The van der Waals surface area contributed by atoms with E-state index in [4.69, 9.17) is 0 Å². The molecule has 0 spiro atoms. The summed E-state index contributed by atoms with van der Waals surface area (Å²) in [4.78, 5) is 38.2. The number of amides is 1. The highest BCUT2D eigenvalue weighted by Crippen LogP contribution is 2.28. The van der Waals surface area contributed by atoms with E-state index in [1.54, 1.807) is 13.1 Å². The van der Waals surface area contributed by atoms with Crippen LogP contribution in [0, 0.1) is 0 Å². The minimum absolute atomic E-state index is 0.0364. The summed E-state index contributed by atoms with van der Waals surface area (Å²) in [5, 5.41) is 2.61. The van der Waals surface area contributed by atoms with Crippen LogP contribution in [0.2, 0.25) is 0 Å². The number of hydrogen-bond donors (Lipinski definition) is 2. The second-order valence-corrected chi connectivity index (χ2v) is 8.00. The Morgan fingerprint density at radius 2 is 2.06 bits per heavy atom. The lowest BCUT2D eigenvalue weighted by Gasteiger charge is -2.40. The van der Waals surface area contributed by atoms with E-state index in [2.05, 4.69) is 29.7 Å². The predicted molar refractivity (Wildman–Crippen MR) is 119 cm³/mol. The van der Waals surface area contributed by atoms with Crippen molar-refractivity contribution >= 4 is 28.0 Å². The molecular weight excluding hydrogens is 392 g/mol. The fourth-order valence-electron chi connectivity index (χ4n) is 4.23. The molecule has 5 rings (SSSR count). The molecule has 0 bridgehead atoms. The Morgan fingerprint density at radius 1 is 1.23 bits per heavy atom. The van der Waals surface area contributed by atoms with Gasteiger partial charge in [0.2, 0.25) is 0 Å².